The van der Waals surface area contributed by atoms with Gasteiger partial charge in [-0.15, -0.1) is 0 Å². The summed E-state index contributed by atoms with van der Waals surface area (Å²) in [5, 5.41) is 13.2. The summed E-state index contributed by atoms with van der Waals surface area (Å²) >= 11 is 0. The molecule has 10 heteroatoms. The Bertz CT molecular complexity index is 2550. The Hall–Kier alpha value is -6.47. The molecule has 0 saturated carbocycles. The van der Waals surface area contributed by atoms with Gasteiger partial charge in [0.2, 0.25) is 0 Å². The number of nitrogen functional groups attached to an aromatic ring is 1. The van der Waals surface area contributed by atoms with Crippen LogP contribution in [0.2, 0.25) is 0 Å². The number of hydrogen-bond donors (Lipinski definition) is 3. The number of fused-ring (bicyclic) bond motifs is 20. The number of aromatic nitrogens is 8. The van der Waals surface area contributed by atoms with E-state index in [1.807, 2.05) is 78.9 Å². The SMILES string of the molecule is N#Cc1c(N)ccc2c3nc4nc(nc5[nH]c(nc6nc(nc([nH]3)c12)-c1ccccc1-6)c1ccccc51)-c1ccccc1-4. The zero-order chi connectivity index (χ0) is 28.7. The molecule has 7 aromatic rings. The lowest BCUT2D eigenvalue weighted by Gasteiger charge is -1.99. The first kappa shape index (κ1) is 23.3. The largest absolute Gasteiger partial charge is 0.398 e. The van der Waals surface area contributed by atoms with Crippen LogP contribution in [0.1, 0.15) is 5.56 Å². The van der Waals surface area contributed by atoms with E-state index in [2.05, 4.69) is 16.0 Å². The van der Waals surface area contributed by atoms with Crippen LogP contribution in [0.3, 0.4) is 0 Å². The van der Waals surface area contributed by atoms with E-state index in [0.717, 1.165) is 33.0 Å². The lowest BCUT2D eigenvalue weighted by atomic mass is 10.1. The zero-order valence-electron chi connectivity index (χ0n) is 22.3. The van der Waals surface area contributed by atoms with Crippen LogP contribution in [-0.4, -0.2) is 39.9 Å². The van der Waals surface area contributed by atoms with Gasteiger partial charge in [0.1, 0.15) is 28.7 Å². The number of rotatable bonds is 0. The number of hydrogen-bond acceptors (Lipinski definition) is 8. The van der Waals surface area contributed by atoms with Gasteiger partial charge < -0.3 is 15.7 Å². The van der Waals surface area contributed by atoms with E-state index in [0.29, 0.717) is 67.9 Å². The summed E-state index contributed by atoms with van der Waals surface area (Å²) in [6.45, 7) is 0. The summed E-state index contributed by atoms with van der Waals surface area (Å²) in [7, 11) is 0. The molecule has 10 nitrogen and oxygen atoms in total. The smallest absolute Gasteiger partial charge is 0.164 e. The molecule has 8 bridgehead atoms. The van der Waals surface area contributed by atoms with Crippen LogP contribution in [0.15, 0.2) is 84.9 Å². The van der Waals surface area contributed by atoms with Crippen LogP contribution in [-0.2, 0) is 0 Å². The van der Waals surface area contributed by atoms with E-state index < -0.39 is 0 Å². The number of anilines is 1. The maximum absolute atomic E-state index is 10.1. The highest BCUT2D eigenvalue weighted by atomic mass is 15.1. The molecule has 0 saturated heterocycles. The summed E-state index contributed by atoms with van der Waals surface area (Å²) in [5.74, 6) is 2.00. The maximum Gasteiger partial charge on any atom is 0.164 e. The summed E-state index contributed by atoms with van der Waals surface area (Å²) in [6.07, 6.45) is 0. The first-order valence-electron chi connectivity index (χ1n) is 13.6. The van der Waals surface area contributed by atoms with E-state index in [-0.39, 0.29) is 0 Å². The van der Waals surface area contributed by atoms with Crippen LogP contribution >= 0.6 is 0 Å². The van der Waals surface area contributed by atoms with Crippen molar-refractivity contribution in [2.24, 2.45) is 0 Å². The molecule has 2 aliphatic rings. The van der Waals surface area contributed by atoms with Crippen LogP contribution in [0, 0.1) is 11.3 Å². The number of H-pyrrole nitrogens is 2. The Morgan fingerprint density at radius 3 is 1.40 bits per heavy atom. The average molecular weight is 555 g/mol. The fourth-order valence-corrected chi connectivity index (χ4v) is 5.87. The molecule has 0 spiro atoms. The fraction of sp³-hybridized carbons (Fsp3) is 0. The standard InChI is InChI=1S/C33H18N10/c34-15-23-24(35)14-13-22-25(23)33-42-31-21-12-6-5-11-20(21)29(40-31)38-27-17-8-2-1-7-16(17)26(36-27)37-28-18-9-3-4-10-19(18)30(39-28)41-32(22)43-33/h1-14H,35H2,(H2,36,37,38,39,40,41,42,43). The van der Waals surface area contributed by atoms with Gasteiger partial charge in [0, 0.05) is 43.8 Å². The predicted molar refractivity (Wildman–Crippen MR) is 165 cm³/mol. The number of nitriles is 1. The third kappa shape index (κ3) is 3.33. The number of benzene rings is 4. The van der Waals surface area contributed by atoms with E-state index in [4.69, 9.17) is 35.6 Å². The minimum absolute atomic E-state index is 0.314. The zero-order valence-corrected chi connectivity index (χ0v) is 22.3. The monoisotopic (exact) mass is 554 g/mol. The van der Waals surface area contributed by atoms with Gasteiger partial charge in [-0.1, -0.05) is 72.8 Å². The van der Waals surface area contributed by atoms with Crippen molar-refractivity contribution in [1.82, 2.24) is 39.9 Å². The third-order valence-electron chi connectivity index (χ3n) is 7.86. The average Bonchev–Trinajstić information content (AvgIpc) is 3.76. The molecular weight excluding hydrogens is 536 g/mol. The van der Waals surface area contributed by atoms with Crippen LogP contribution < -0.4 is 5.73 Å². The topological polar surface area (TPSA) is 159 Å². The molecule has 9 rings (SSSR count). The summed E-state index contributed by atoms with van der Waals surface area (Å²) < 4.78 is 0. The summed E-state index contributed by atoms with van der Waals surface area (Å²) in [4.78, 5) is 36.4. The maximum atomic E-state index is 10.1. The van der Waals surface area contributed by atoms with E-state index in [1.165, 1.54) is 0 Å². The predicted octanol–water partition coefficient (Wildman–Crippen LogP) is 6.32. The van der Waals surface area contributed by atoms with Crippen molar-refractivity contribution in [3.63, 3.8) is 0 Å². The molecule has 4 aromatic carbocycles. The molecule has 4 N–H and O–H groups in total. The highest BCUT2D eigenvalue weighted by Crippen LogP contribution is 2.37. The Kier molecular flexibility index (Phi) is 4.61. The van der Waals surface area contributed by atoms with Gasteiger partial charge in [0.25, 0.3) is 0 Å². The van der Waals surface area contributed by atoms with E-state index >= 15 is 0 Å². The molecule has 5 heterocycles. The highest BCUT2D eigenvalue weighted by molar-refractivity contribution is 6.10. The minimum atomic E-state index is 0.314. The van der Waals surface area contributed by atoms with Crippen LogP contribution in [0.4, 0.5) is 5.69 Å². The van der Waals surface area contributed by atoms with Crippen molar-refractivity contribution >= 4 is 49.8 Å². The molecule has 0 amide bonds. The molecule has 0 fully saturated rings. The van der Waals surface area contributed by atoms with E-state index in [9.17, 15) is 5.26 Å². The number of nitrogens with zero attached hydrogens (tertiary/aromatic N) is 7. The number of nitrogens with two attached hydrogens (primary N) is 1. The molecule has 0 radical (unpaired) electrons. The van der Waals surface area contributed by atoms with Crippen molar-refractivity contribution in [3.8, 4) is 51.6 Å². The van der Waals surface area contributed by atoms with E-state index in [1.54, 1.807) is 6.07 Å². The van der Waals surface area contributed by atoms with Gasteiger partial charge >= 0.3 is 0 Å². The first-order chi connectivity index (χ1) is 21.2. The number of nitrogens with one attached hydrogen (secondary N) is 2. The third-order valence-corrected chi connectivity index (χ3v) is 7.86. The molecule has 0 aliphatic carbocycles. The van der Waals surface area contributed by atoms with Crippen molar-refractivity contribution in [2.45, 2.75) is 0 Å². The summed E-state index contributed by atoms with van der Waals surface area (Å²) in [5.41, 5.74) is 12.5. The molecule has 0 atom stereocenters. The van der Waals surface area contributed by atoms with Crippen molar-refractivity contribution < 1.29 is 0 Å². The highest BCUT2D eigenvalue weighted by Gasteiger charge is 2.22. The molecule has 2 aliphatic heterocycles. The summed E-state index contributed by atoms with van der Waals surface area (Å²) in [6, 6.07) is 29.4. The van der Waals surface area contributed by atoms with Crippen molar-refractivity contribution in [2.75, 3.05) is 5.73 Å². The van der Waals surface area contributed by atoms with Crippen LogP contribution in [0.5, 0.6) is 0 Å². The molecule has 43 heavy (non-hydrogen) atoms. The molecule has 0 unspecified atom stereocenters. The van der Waals surface area contributed by atoms with Gasteiger partial charge in [-0.2, -0.15) is 5.26 Å². The second-order valence-electron chi connectivity index (χ2n) is 10.3. The molecule has 3 aromatic heterocycles. The van der Waals surface area contributed by atoms with Gasteiger partial charge in [-0.25, -0.2) is 29.9 Å². The number of aromatic amines is 2. The normalized spacial score (nSPS) is 11.8. The van der Waals surface area contributed by atoms with Crippen LogP contribution in [0.25, 0.3) is 89.7 Å². The first-order valence-corrected chi connectivity index (χ1v) is 13.6. The van der Waals surface area contributed by atoms with Gasteiger partial charge in [-0.05, 0) is 12.1 Å². The fourth-order valence-electron chi connectivity index (χ4n) is 5.87. The minimum Gasteiger partial charge on any atom is -0.398 e. The quantitative estimate of drug-likeness (QED) is 0.184. The molecule has 200 valence electrons. The second kappa shape index (κ2) is 8.52. The van der Waals surface area contributed by atoms with Crippen molar-refractivity contribution in [1.29, 1.82) is 5.26 Å². The Labute approximate surface area is 242 Å². The van der Waals surface area contributed by atoms with Gasteiger partial charge in [0.15, 0.2) is 23.3 Å². The van der Waals surface area contributed by atoms with Crippen molar-refractivity contribution in [3.05, 3.63) is 90.5 Å². The Balaban J connectivity index is 1.53. The van der Waals surface area contributed by atoms with Gasteiger partial charge in [0.05, 0.1) is 11.3 Å². The second-order valence-corrected chi connectivity index (χ2v) is 10.3. The van der Waals surface area contributed by atoms with Gasteiger partial charge in [-0.3, -0.25) is 0 Å². The lowest BCUT2D eigenvalue weighted by molar-refractivity contribution is 1.19. The Morgan fingerprint density at radius 1 is 0.488 bits per heavy atom. The molecular formula is C33H18N10. The lowest BCUT2D eigenvalue weighted by Crippen LogP contribution is -1.91. The Morgan fingerprint density at radius 2 is 0.907 bits per heavy atom.